The maximum absolute atomic E-state index is 11.6. The van der Waals surface area contributed by atoms with Crippen LogP contribution >= 0.6 is 0 Å². The van der Waals surface area contributed by atoms with Crippen LogP contribution in [0, 0.1) is 0 Å². The fourth-order valence-electron chi connectivity index (χ4n) is 1.31. The van der Waals surface area contributed by atoms with Crippen LogP contribution in [0.2, 0.25) is 0 Å². The average Bonchev–Trinajstić information content (AvgIpc) is 2.32. The van der Waals surface area contributed by atoms with Crippen LogP contribution in [0.1, 0.15) is 26.7 Å². The Bertz CT molecular complexity index is 348. The van der Waals surface area contributed by atoms with E-state index in [2.05, 4.69) is 12.2 Å². The van der Waals surface area contributed by atoms with E-state index in [0.29, 0.717) is 12.3 Å². The third-order valence-electron chi connectivity index (χ3n) is 2.35. The highest BCUT2D eigenvalue weighted by molar-refractivity contribution is 5.80. The molecule has 17 heavy (non-hydrogen) atoms. The van der Waals surface area contributed by atoms with Gasteiger partial charge in [0.05, 0.1) is 0 Å². The Kier molecular flexibility index (Phi) is 5.33. The minimum atomic E-state index is -0.531. The van der Waals surface area contributed by atoms with Crippen molar-refractivity contribution in [2.75, 3.05) is 6.54 Å². The van der Waals surface area contributed by atoms with Gasteiger partial charge in [0.25, 0.3) is 5.91 Å². The van der Waals surface area contributed by atoms with Crippen LogP contribution in [0.5, 0.6) is 11.5 Å². The minimum absolute atomic E-state index is 0.119. The normalized spacial score (nSPS) is 11.9. The molecule has 1 atom stereocenters. The van der Waals surface area contributed by atoms with Crippen LogP contribution < -0.4 is 10.1 Å². The Hall–Kier alpha value is -1.71. The van der Waals surface area contributed by atoms with Gasteiger partial charge in [-0.1, -0.05) is 13.3 Å². The van der Waals surface area contributed by atoms with Gasteiger partial charge < -0.3 is 15.2 Å². The zero-order valence-corrected chi connectivity index (χ0v) is 10.3. The predicted molar refractivity (Wildman–Crippen MR) is 66.1 cm³/mol. The number of phenols is 1. The third kappa shape index (κ3) is 4.76. The van der Waals surface area contributed by atoms with Crippen molar-refractivity contribution in [1.29, 1.82) is 0 Å². The number of aromatic hydroxyl groups is 1. The van der Waals surface area contributed by atoms with E-state index in [4.69, 9.17) is 9.84 Å². The summed E-state index contributed by atoms with van der Waals surface area (Å²) in [5, 5.41) is 11.9. The van der Waals surface area contributed by atoms with Crippen molar-refractivity contribution in [3.8, 4) is 11.5 Å². The van der Waals surface area contributed by atoms with Crippen LogP contribution in [0.25, 0.3) is 0 Å². The SMILES string of the molecule is CCCCNC(=O)C(C)Oc1ccc(O)cc1. The molecule has 1 unspecified atom stereocenters. The molecule has 0 aromatic heterocycles. The van der Waals surface area contributed by atoms with E-state index in [1.165, 1.54) is 12.1 Å². The van der Waals surface area contributed by atoms with E-state index < -0.39 is 6.10 Å². The van der Waals surface area contributed by atoms with Gasteiger partial charge in [0.2, 0.25) is 0 Å². The first kappa shape index (κ1) is 13.4. The van der Waals surface area contributed by atoms with Gasteiger partial charge in [0.15, 0.2) is 6.10 Å². The van der Waals surface area contributed by atoms with Gasteiger partial charge in [-0.25, -0.2) is 0 Å². The summed E-state index contributed by atoms with van der Waals surface area (Å²) >= 11 is 0. The molecule has 0 aliphatic carbocycles. The lowest BCUT2D eigenvalue weighted by molar-refractivity contribution is -0.127. The molecule has 0 bridgehead atoms. The van der Waals surface area contributed by atoms with Crippen LogP contribution in [-0.4, -0.2) is 23.7 Å². The number of amides is 1. The summed E-state index contributed by atoms with van der Waals surface area (Å²) in [6, 6.07) is 6.31. The van der Waals surface area contributed by atoms with E-state index in [-0.39, 0.29) is 11.7 Å². The predicted octanol–water partition coefficient (Wildman–Crippen LogP) is 2.08. The van der Waals surface area contributed by atoms with E-state index in [1.54, 1.807) is 19.1 Å². The fraction of sp³-hybridized carbons (Fsp3) is 0.462. The number of ether oxygens (including phenoxy) is 1. The summed E-state index contributed by atoms with van der Waals surface area (Å²) < 4.78 is 5.44. The van der Waals surface area contributed by atoms with Crippen molar-refractivity contribution in [3.63, 3.8) is 0 Å². The average molecular weight is 237 g/mol. The molecule has 4 heteroatoms. The van der Waals surface area contributed by atoms with Crippen LogP contribution in [0.3, 0.4) is 0 Å². The highest BCUT2D eigenvalue weighted by Gasteiger charge is 2.13. The Balaban J connectivity index is 2.40. The molecule has 0 fully saturated rings. The topological polar surface area (TPSA) is 58.6 Å². The van der Waals surface area contributed by atoms with E-state index >= 15 is 0 Å². The Morgan fingerprint density at radius 3 is 2.65 bits per heavy atom. The lowest BCUT2D eigenvalue weighted by Gasteiger charge is -2.14. The molecule has 1 aromatic carbocycles. The van der Waals surface area contributed by atoms with Crippen LogP contribution in [0.15, 0.2) is 24.3 Å². The Morgan fingerprint density at radius 1 is 1.41 bits per heavy atom. The number of rotatable bonds is 6. The molecule has 0 aliphatic rings. The summed E-state index contributed by atoms with van der Waals surface area (Å²) in [4.78, 5) is 11.6. The number of carbonyl (C=O) groups excluding carboxylic acids is 1. The largest absolute Gasteiger partial charge is 0.508 e. The molecular formula is C13H19NO3. The number of benzene rings is 1. The van der Waals surface area contributed by atoms with Crippen molar-refractivity contribution in [2.24, 2.45) is 0 Å². The number of carbonyl (C=O) groups is 1. The molecule has 4 nitrogen and oxygen atoms in total. The summed E-state index contributed by atoms with van der Waals surface area (Å²) in [5.41, 5.74) is 0. The fourth-order valence-corrected chi connectivity index (χ4v) is 1.31. The zero-order valence-electron chi connectivity index (χ0n) is 10.3. The number of hydrogen-bond donors (Lipinski definition) is 2. The van der Waals surface area contributed by atoms with Gasteiger partial charge >= 0.3 is 0 Å². The van der Waals surface area contributed by atoms with Gasteiger partial charge in [-0.15, -0.1) is 0 Å². The van der Waals surface area contributed by atoms with Crippen molar-refractivity contribution < 1.29 is 14.6 Å². The minimum Gasteiger partial charge on any atom is -0.508 e. The molecule has 0 radical (unpaired) electrons. The second-order valence-corrected chi connectivity index (χ2v) is 3.90. The summed E-state index contributed by atoms with van der Waals surface area (Å²) in [6.07, 6.45) is 1.49. The highest BCUT2D eigenvalue weighted by atomic mass is 16.5. The van der Waals surface area contributed by atoms with Crippen LogP contribution in [-0.2, 0) is 4.79 Å². The smallest absolute Gasteiger partial charge is 0.260 e. The number of hydrogen-bond acceptors (Lipinski definition) is 3. The van der Waals surface area contributed by atoms with Crippen LogP contribution in [0.4, 0.5) is 0 Å². The Labute approximate surface area is 102 Å². The molecule has 0 saturated heterocycles. The Morgan fingerprint density at radius 2 is 2.06 bits per heavy atom. The first-order valence-corrected chi connectivity index (χ1v) is 5.87. The number of nitrogens with one attached hydrogen (secondary N) is 1. The molecule has 1 aromatic rings. The molecule has 0 saturated carbocycles. The quantitative estimate of drug-likeness (QED) is 0.745. The maximum Gasteiger partial charge on any atom is 0.260 e. The molecule has 1 rings (SSSR count). The molecule has 94 valence electrons. The van der Waals surface area contributed by atoms with Gasteiger partial charge in [0, 0.05) is 6.54 Å². The molecule has 0 heterocycles. The van der Waals surface area contributed by atoms with Crippen molar-refractivity contribution in [3.05, 3.63) is 24.3 Å². The third-order valence-corrected chi connectivity index (χ3v) is 2.35. The zero-order chi connectivity index (χ0) is 12.7. The van der Waals surface area contributed by atoms with Crippen molar-refractivity contribution >= 4 is 5.91 Å². The monoisotopic (exact) mass is 237 g/mol. The van der Waals surface area contributed by atoms with E-state index in [1.807, 2.05) is 0 Å². The van der Waals surface area contributed by atoms with Gasteiger partial charge in [-0.05, 0) is 37.6 Å². The molecular weight excluding hydrogens is 218 g/mol. The van der Waals surface area contributed by atoms with Crippen molar-refractivity contribution in [1.82, 2.24) is 5.32 Å². The number of phenolic OH excluding ortho intramolecular Hbond substituents is 1. The first-order valence-electron chi connectivity index (χ1n) is 5.87. The molecule has 1 amide bonds. The second kappa shape index (κ2) is 6.78. The van der Waals surface area contributed by atoms with Gasteiger partial charge in [-0.2, -0.15) is 0 Å². The van der Waals surface area contributed by atoms with Crippen molar-refractivity contribution in [2.45, 2.75) is 32.8 Å². The lowest BCUT2D eigenvalue weighted by Crippen LogP contribution is -2.36. The van der Waals surface area contributed by atoms with E-state index in [0.717, 1.165) is 12.8 Å². The first-order chi connectivity index (χ1) is 8.13. The highest BCUT2D eigenvalue weighted by Crippen LogP contribution is 2.17. The number of unbranched alkanes of at least 4 members (excludes halogenated alkanes) is 1. The lowest BCUT2D eigenvalue weighted by atomic mass is 10.3. The maximum atomic E-state index is 11.6. The van der Waals surface area contributed by atoms with E-state index in [9.17, 15) is 4.79 Å². The van der Waals surface area contributed by atoms with Gasteiger partial charge in [-0.3, -0.25) is 4.79 Å². The standard InChI is InChI=1S/C13H19NO3/c1-3-4-9-14-13(16)10(2)17-12-7-5-11(15)6-8-12/h5-8,10,15H,3-4,9H2,1-2H3,(H,14,16). The summed E-state index contributed by atoms with van der Waals surface area (Å²) in [5.74, 6) is 0.630. The summed E-state index contributed by atoms with van der Waals surface area (Å²) in [6.45, 7) is 4.45. The molecule has 0 spiro atoms. The second-order valence-electron chi connectivity index (χ2n) is 3.90. The van der Waals surface area contributed by atoms with Gasteiger partial charge in [0.1, 0.15) is 11.5 Å². The summed E-state index contributed by atoms with van der Waals surface area (Å²) in [7, 11) is 0. The molecule has 2 N–H and O–H groups in total. The molecule has 0 aliphatic heterocycles.